The molecule has 4 rings (SSSR count). The largest absolute Gasteiger partial charge is 0.396 e. The maximum atomic E-state index is 10.2. The minimum atomic E-state index is 0.00315. The molecule has 0 amide bonds. The Balaban J connectivity index is 1.84. The van der Waals surface area contributed by atoms with Crippen molar-refractivity contribution in [3.63, 3.8) is 0 Å². The van der Waals surface area contributed by atoms with Gasteiger partial charge in [-0.3, -0.25) is 0 Å². The fraction of sp³-hybridized carbons (Fsp3) is 0.211. The predicted octanol–water partition coefficient (Wildman–Crippen LogP) is 4.01. The van der Waals surface area contributed by atoms with Gasteiger partial charge in [-0.25, -0.2) is 4.98 Å². The Morgan fingerprint density at radius 1 is 1.08 bits per heavy atom. The Bertz CT molecular complexity index is 833. The van der Waals surface area contributed by atoms with Gasteiger partial charge in [0.15, 0.2) is 0 Å². The van der Waals surface area contributed by atoms with Crippen LogP contribution in [-0.2, 0) is 0 Å². The van der Waals surface area contributed by atoms with E-state index in [2.05, 4.69) is 55.1 Å². The topological polar surface area (TPSA) is 50.1 Å². The summed E-state index contributed by atoms with van der Waals surface area (Å²) in [4.78, 5) is 4.46. The van der Waals surface area contributed by atoms with E-state index >= 15 is 0 Å². The third-order valence-electron chi connectivity index (χ3n) is 4.65. The van der Waals surface area contributed by atoms with E-state index in [1.165, 1.54) is 0 Å². The normalized spacial score (nSPS) is 22.7. The SMILES string of the molecule is OC[C@@H]1[C@@H](c2cccc(Br)c2)n2ccnc2N[C@H]1c1ccccc1. The molecule has 2 heterocycles. The van der Waals surface area contributed by atoms with Crippen molar-refractivity contribution in [3.8, 4) is 0 Å². The van der Waals surface area contributed by atoms with Gasteiger partial charge in [-0.05, 0) is 23.3 Å². The summed E-state index contributed by atoms with van der Waals surface area (Å²) in [6.07, 6.45) is 3.77. The van der Waals surface area contributed by atoms with E-state index in [1.807, 2.05) is 36.5 Å². The summed E-state index contributed by atoms with van der Waals surface area (Å²) in [7, 11) is 0. The molecule has 0 saturated heterocycles. The molecule has 5 heteroatoms. The number of anilines is 1. The second-order valence-corrected chi connectivity index (χ2v) is 6.95. The van der Waals surface area contributed by atoms with Gasteiger partial charge in [0.2, 0.25) is 5.95 Å². The van der Waals surface area contributed by atoms with Crippen LogP contribution in [0.1, 0.15) is 23.2 Å². The Labute approximate surface area is 149 Å². The average Bonchev–Trinajstić information content (AvgIpc) is 3.09. The van der Waals surface area contributed by atoms with Crippen LogP contribution < -0.4 is 5.32 Å². The summed E-state index contributed by atoms with van der Waals surface area (Å²) in [5.41, 5.74) is 2.32. The number of rotatable bonds is 3. The van der Waals surface area contributed by atoms with Crippen LogP contribution in [0.5, 0.6) is 0 Å². The van der Waals surface area contributed by atoms with E-state index in [9.17, 15) is 5.11 Å². The summed E-state index contributed by atoms with van der Waals surface area (Å²) in [6, 6.07) is 18.6. The molecule has 2 aromatic carbocycles. The minimum absolute atomic E-state index is 0.00315. The van der Waals surface area contributed by atoms with Gasteiger partial charge in [0.25, 0.3) is 0 Å². The van der Waals surface area contributed by atoms with Gasteiger partial charge < -0.3 is 15.0 Å². The Morgan fingerprint density at radius 3 is 2.62 bits per heavy atom. The smallest absolute Gasteiger partial charge is 0.203 e. The Morgan fingerprint density at radius 2 is 1.88 bits per heavy atom. The number of halogens is 1. The molecule has 0 fully saturated rings. The van der Waals surface area contributed by atoms with E-state index in [0.29, 0.717) is 0 Å². The Hall–Kier alpha value is -2.11. The summed E-state index contributed by atoms with van der Waals surface area (Å²) in [5.74, 6) is 0.835. The van der Waals surface area contributed by atoms with Gasteiger partial charge in [-0.15, -0.1) is 0 Å². The maximum Gasteiger partial charge on any atom is 0.203 e. The first-order valence-electron chi connectivity index (χ1n) is 7.98. The first kappa shape index (κ1) is 15.4. The number of fused-ring (bicyclic) bond motifs is 1. The molecule has 1 aliphatic heterocycles. The summed E-state index contributed by atoms with van der Waals surface area (Å²) in [5, 5.41) is 13.7. The van der Waals surface area contributed by atoms with E-state index in [-0.39, 0.29) is 24.6 Å². The first-order chi connectivity index (χ1) is 11.8. The third kappa shape index (κ3) is 2.64. The molecule has 0 radical (unpaired) electrons. The van der Waals surface area contributed by atoms with Crippen molar-refractivity contribution < 1.29 is 5.11 Å². The van der Waals surface area contributed by atoms with Gasteiger partial charge in [-0.2, -0.15) is 0 Å². The number of aliphatic hydroxyl groups is 1. The first-order valence-corrected chi connectivity index (χ1v) is 8.78. The molecule has 1 aliphatic rings. The fourth-order valence-corrected chi connectivity index (χ4v) is 4.00. The molecule has 122 valence electrons. The molecule has 2 N–H and O–H groups in total. The van der Waals surface area contributed by atoms with Gasteiger partial charge in [0.1, 0.15) is 0 Å². The molecule has 3 aromatic rings. The maximum absolute atomic E-state index is 10.2. The molecule has 0 saturated carbocycles. The fourth-order valence-electron chi connectivity index (χ4n) is 3.58. The zero-order chi connectivity index (χ0) is 16.5. The molecule has 0 bridgehead atoms. The van der Waals surface area contributed by atoms with Crippen molar-refractivity contribution in [3.05, 3.63) is 82.6 Å². The summed E-state index contributed by atoms with van der Waals surface area (Å²) >= 11 is 3.56. The monoisotopic (exact) mass is 383 g/mol. The number of aliphatic hydroxyl groups excluding tert-OH is 1. The highest BCUT2D eigenvalue weighted by Crippen LogP contribution is 2.43. The van der Waals surface area contributed by atoms with Gasteiger partial charge in [0.05, 0.1) is 18.7 Å². The van der Waals surface area contributed by atoms with Gasteiger partial charge in [-0.1, -0.05) is 58.4 Å². The van der Waals surface area contributed by atoms with Gasteiger partial charge in [0, 0.05) is 22.8 Å². The van der Waals surface area contributed by atoms with Crippen LogP contribution in [0.4, 0.5) is 5.95 Å². The number of hydrogen-bond acceptors (Lipinski definition) is 3. The van der Waals surface area contributed by atoms with Crippen LogP contribution in [0.3, 0.4) is 0 Å². The van der Waals surface area contributed by atoms with Crippen molar-refractivity contribution in [2.75, 3.05) is 11.9 Å². The average molecular weight is 384 g/mol. The lowest BCUT2D eigenvalue weighted by atomic mass is 9.82. The predicted molar refractivity (Wildman–Crippen MR) is 97.9 cm³/mol. The number of aromatic nitrogens is 2. The second kappa shape index (κ2) is 6.42. The molecule has 1 aromatic heterocycles. The van der Waals surface area contributed by atoms with Crippen LogP contribution >= 0.6 is 15.9 Å². The highest BCUT2D eigenvalue weighted by molar-refractivity contribution is 9.10. The number of benzene rings is 2. The lowest BCUT2D eigenvalue weighted by Crippen LogP contribution is -2.38. The van der Waals surface area contributed by atoms with E-state index in [4.69, 9.17) is 0 Å². The number of hydrogen-bond donors (Lipinski definition) is 2. The van der Waals surface area contributed by atoms with Crippen LogP contribution in [0, 0.1) is 5.92 Å². The van der Waals surface area contributed by atoms with Crippen molar-refractivity contribution in [2.24, 2.45) is 5.92 Å². The zero-order valence-corrected chi connectivity index (χ0v) is 14.6. The molecular weight excluding hydrogens is 366 g/mol. The molecular formula is C19H18BrN3O. The minimum Gasteiger partial charge on any atom is -0.396 e. The Kier molecular flexibility index (Phi) is 4.12. The van der Waals surface area contributed by atoms with Crippen molar-refractivity contribution in [1.29, 1.82) is 0 Å². The van der Waals surface area contributed by atoms with Crippen LogP contribution in [0.2, 0.25) is 0 Å². The van der Waals surface area contributed by atoms with Crippen molar-refractivity contribution >= 4 is 21.9 Å². The molecule has 3 atom stereocenters. The third-order valence-corrected chi connectivity index (χ3v) is 5.14. The standard InChI is InChI=1S/C19H18BrN3O/c20-15-8-4-7-14(11-15)18-16(12-24)17(13-5-2-1-3-6-13)22-19-21-9-10-23(18)19/h1-11,16-18,24H,12H2,(H,21,22)/t16-,17-,18+/m0/s1. The van der Waals surface area contributed by atoms with E-state index in [1.54, 1.807) is 6.20 Å². The number of imidazole rings is 1. The van der Waals surface area contributed by atoms with Crippen LogP contribution in [0.15, 0.2) is 71.5 Å². The number of nitrogens with zero attached hydrogens (tertiary/aromatic N) is 2. The quantitative estimate of drug-likeness (QED) is 0.718. The molecule has 0 aliphatic carbocycles. The van der Waals surface area contributed by atoms with E-state index < -0.39 is 0 Å². The highest BCUT2D eigenvalue weighted by atomic mass is 79.9. The zero-order valence-electron chi connectivity index (χ0n) is 13.0. The molecule has 4 nitrogen and oxygen atoms in total. The highest BCUT2D eigenvalue weighted by Gasteiger charge is 2.38. The lowest BCUT2D eigenvalue weighted by Gasteiger charge is -2.40. The van der Waals surface area contributed by atoms with Crippen molar-refractivity contribution in [2.45, 2.75) is 12.1 Å². The number of nitrogens with one attached hydrogen (secondary N) is 1. The van der Waals surface area contributed by atoms with E-state index in [0.717, 1.165) is 21.5 Å². The molecule has 0 unspecified atom stereocenters. The van der Waals surface area contributed by atoms with Crippen LogP contribution in [0.25, 0.3) is 0 Å². The lowest BCUT2D eigenvalue weighted by molar-refractivity contribution is 0.166. The summed E-state index contributed by atoms with van der Waals surface area (Å²) < 4.78 is 3.15. The second-order valence-electron chi connectivity index (χ2n) is 6.04. The summed E-state index contributed by atoms with van der Waals surface area (Å²) in [6.45, 7) is 0.0847. The van der Waals surface area contributed by atoms with Gasteiger partial charge >= 0.3 is 0 Å². The van der Waals surface area contributed by atoms with Crippen molar-refractivity contribution in [1.82, 2.24) is 9.55 Å². The molecule has 0 spiro atoms. The molecule has 24 heavy (non-hydrogen) atoms. The van der Waals surface area contributed by atoms with Crippen LogP contribution in [-0.4, -0.2) is 21.3 Å².